The van der Waals surface area contributed by atoms with Gasteiger partial charge in [0.25, 0.3) is 0 Å². The van der Waals surface area contributed by atoms with E-state index in [0.717, 1.165) is 6.42 Å². The van der Waals surface area contributed by atoms with Crippen LogP contribution < -0.4 is 20.7 Å². The molecule has 0 nitrogen and oxygen atoms in total. The molecule has 0 bridgehead atoms. The van der Waals surface area contributed by atoms with Crippen LogP contribution >= 0.6 is 0 Å². The number of hydrogen-bond donors (Lipinski definition) is 0. The average Bonchev–Trinajstić information content (AvgIpc) is 2.23. The molecule has 2 heteroatoms. The molecule has 0 unspecified atom stereocenters. The van der Waals surface area contributed by atoms with Crippen LogP contribution in [0, 0.1) is 0 Å². The van der Waals surface area contributed by atoms with Crippen molar-refractivity contribution in [3.63, 3.8) is 0 Å². The van der Waals surface area contributed by atoms with Gasteiger partial charge in [0.2, 0.25) is 0 Å². The van der Waals surface area contributed by atoms with E-state index in [1.807, 2.05) is 21.7 Å². The van der Waals surface area contributed by atoms with Gasteiger partial charge in [0, 0.05) is 0 Å². The summed E-state index contributed by atoms with van der Waals surface area (Å²) in [6.45, 7) is 0. The van der Waals surface area contributed by atoms with Crippen LogP contribution in [0.4, 0.5) is 0 Å². The van der Waals surface area contributed by atoms with Crippen LogP contribution in [0.2, 0.25) is 0 Å². The van der Waals surface area contributed by atoms with Gasteiger partial charge in [0.1, 0.15) is 0 Å². The van der Waals surface area contributed by atoms with Crippen molar-refractivity contribution in [3.05, 3.63) is 65.7 Å². The van der Waals surface area contributed by atoms with Crippen LogP contribution in [0.1, 0.15) is 11.1 Å². The summed E-state index contributed by atoms with van der Waals surface area (Å²) in [4.78, 5) is 0. The van der Waals surface area contributed by atoms with Crippen LogP contribution in [0.25, 0.3) is 0 Å². The molecule has 0 saturated heterocycles. The third kappa shape index (κ3) is 3.97. The van der Waals surface area contributed by atoms with Gasteiger partial charge < -0.3 is 17.0 Å². The van der Waals surface area contributed by atoms with E-state index in [9.17, 15) is 0 Å². The standard InChI is InChI=1S/C13H11.BrH.Mg/c1-3-7-12(8-4-1)11-13-9-5-2-6-10-13;;/h1,3-10H,11H2;1H;/q;;+1/p-1. The van der Waals surface area contributed by atoms with E-state index in [0.29, 0.717) is 0 Å². The molecule has 0 spiro atoms. The number of rotatable bonds is 2. The zero-order chi connectivity index (χ0) is 9.80. The summed E-state index contributed by atoms with van der Waals surface area (Å²) in [5, 5.41) is 0. The molecule has 2 aromatic carbocycles. The Hall–Kier alpha value is -0.314. The van der Waals surface area contributed by atoms with Crippen molar-refractivity contribution in [2.24, 2.45) is 0 Å². The first-order valence-corrected chi connectivity index (χ1v) is 5.50. The Morgan fingerprint density at radius 3 is 1.87 bits per heavy atom. The van der Waals surface area contributed by atoms with Crippen LogP contribution in [0.3, 0.4) is 0 Å². The van der Waals surface area contributed by atoms with Gasteiger partial charge in [-0.05, 0) is 0 Å². The molecule has 0 aliphatic rings. The van der Waals surface area contributed by atoms with Crippen molar-refractivity contribution in [1.29, 1.82) is 0 Å². The van der Waals surface area contributed by atoms with Gasteiger partial charge in [-0.2, -0.15) is 0 Å². The first kappa shape index (κ1) is 12.8. The molecule has 2 aromatic rings. The molecule has 0 saturated carbocycles. The van der Waals surface area contributed by atoms with Crippen molar-refractivity contribution < 1.29 is 17.0 Å². The minimum atomic E-state index is 0. The van der Waals surface area contributed by atoms with Gasteiger partial charge in [0.15, 0.2) is 0 Å². The van der Waals surface area contributed by atoms with E-state index in [4.69, 9.17) is 0 Å². The van der Waals surface area contributed by atoms with Crippen LogP contribution in [-0.2, 0) is 6.42 Å². The van der Waals surface area contributed by atoms with E-state index >= 15 is 0 Å². The van der Waals surface area contributed by atoms with Gasteiger partial charge in [-0.3, -0.25) is 0 Å². The molecule has 0 aliphatic heterocycles. The summed E-state index contributed by atoms with van der Waals surface area (Å²) >= 11 is 1.92. The Balaban J connectivity index is 0.00000112. The first-order valence-electron chi connectivity index (χ1n) is 4.79. The third-order valence-corrected chi connectivity index (χ3v) is 2.75. The number of hydrogen-bond acceptors (Lipinski definition) is 0. The van der Waals surface area contributed by atoms with Gasteiger partial charge in [-0.1, -0.05) is 0 Å². The van der Waals surface area contributed by atoms with E-state index in [2.05, 4.69) is 54.6 Å². The van der Waals surface area contributed by atoms with E-state index in [-0.39, 0.29) is 17.0 Å². The normalized spacial score (nSPS) is 9.47. The van der Waals surface area contributed by atoms with Gasteiger partial charge in [-0.25, -0.2) is 0 Å². The number of halogens is 1. The van der Waals surface area contributed by atoms with Gasteiger partial charge in [0.05, 0.1) is 0 Å². The molecule has 15 heavy (non-hydrogen) atoms. The van der Waals surface area contributed by atoms with Crippen LogP contribution in [0.15, 0.2) is 54.6 Å². The van der Waals surface area contributed by atoms with E-state index in [1.165, 1.54) is 14.8 Å². The van der Waals surface area contributed by atoms with Gasteiger partial charge >= 0.3 is 97.5 Å². The maximum absolute atomic E-state index is 2.20. The Labute approximate surface area is 114 Å². The zero-order valence-corrected chi connectivity index (χ0v) is 11.5. The predicted molar refractivity (Wildman–Crippen MR) is 61.1 cm³/mol. The van der Waals surface area contributed by atoms with Crippen molar-refractivity contribution >= 4 is 25.4 Å². The molecule has 0 fully saturated rings. The number of benzene rings is 2. The minimum absolute atomic E-state index is 0. The molecule has 2 rings (SSSR count). The van der Waals surface area contributed by atoms with Crippen molar-refractivity contribution in [2.45, 2.75) is 6.42 Å². The van der Waals surface area contributed by atoms with E-state index < -0.39 is 0 Å². The third-order valence-electron chi connectivity index (χ3n) is 2.27. The summed E-state index contributed by atoms with van der Waals surface area (Å²) in [5.74, 6) is 0. The molecular weight excluding hydrogens is 260 g/mol. The molecule has 0 aromatic heterocycles. The van der Waals surface area contributed by atoms with Crippen LogP contribution in [-0.4, -0.2) is 21.7 Å². The second kappa shape index (κ2) is 6.31. The SMILES string of the molecule is [Br-].[Mg+][c]1ccc(Cc2ccccc2)cc1. The Morgan fingerprint density at radius 1 is 0.733 bits per heavy atom. The Morgan fingerprint density at radius 2 is 1.27 bits per heavy atom. The fraction of sp³-hybridized carbons (Fsp3) is 0.0769. The molecular formula is C13H11BrMg. The predicted octanol–water partition coefficient (Wildman–Crippen LogP) is -0.925. The topological polar surface area (TPSA) is 0 Å². The fourth-order valence-corrected chi connectivity index (χ4v) is 1.72. The molecule has 0 atom stereocenters. The Bertz CT molecular complexity index is 395. The molecule has 0 N–H and O–H groups in total. The van der Waals surface area contributed by atoms with Crippen molar-refractivity contribution in [1.82, 2.24) is 0 Å². The molecule has 0 radical (unpaired) electrons. The molecule has 0 aliphatic carbocycles. The second-order valence-electron chi connectivity index (χ2n) is 3.48. The summed E-state index contributed by atoms with van der Waals surface area (Å²) in [7, 11) is 0. The summed E-state index contributed by atoms with van der Waals surface area (Å²) in [5.41, 5.74) is 2.76. The molecule has 0 amide bonds. The summed E-state index contributed by atoms with van der Waals surface area (Å²) < 4.78 is 1.35. The van der Waals surface area contributed by atoms with Gasteiger partial charge in [-0.15, -0.1) is 0 Å². The average molecular weight is 271 g/mol. The second-order valence-corrected chi connectivity index (χ2v) is 4.30. The van der Waals surface area contributed by atoms with Crippen LogP contribution in [0.5, 0.6) is 0 Å². The molecule has 0 heterocycles. The van der Waals surface area contributed by atoms with Crippen molar-refractivity contribution in [3.8, 4) is 0 Å². The Kier molecular flexibility index (Phi) is 5.36. The molecule has 72 valence electrons. The summed E-state index contributed by atoms with van der Waals surface area (Å²) in [6, 6.07) is 19.3. The maximum atomic E-state index is 2.20. The first-order chi connectivity index (χ1) is 6.84. The quantitative estimate of drug-likeness (QED) is 0.620. The summed E-state index contributed by atoms with van der Waals surface area (Å²) in [6.07, 6.45) is 1.03. The fourth-order valence-electron chi connectivity index (χ4n) is 1.49. The monoisotopic (exact) mass is 270 g/mol. The van der Waals surface area contributed by atoms with Crippen molar-refractivity contribution in [2.75, 3.05) is 0 Å². The van der Waals surface area contributed by atoms with E-state index in [1.54, 1.807) is 0 Å². The zero-order valence-electron chi connectivity index (χ0n) is 8.49.